The van der Waals surface area contributed by atoms with Gasteiger partial charge < -0.3 is 20.9 Å². The van der Waals surface area contributed by atoms with Gasteiger partial charge in [0.2, 0.25) is 5.91 Å². The molecule has 3 aromatic carbocycles. The highest BCUT2D eigenvalue weighted by atomic mass is 16.2. The summed E-state index contributed by atoms with van der Waals surface area (Å²) < 4.78 is 2.26. The molecule has 1 aromatic heterocycles. The van der Waals surface area contributed by atoms with E-state index in [1.165, 1.54) is 5.52 Å². The average molecular weight is 386 g/mol. The minimum atomic E-state index is -0.536. The van der Waals surface area contributed by atoms with Gasteiger partial charge in [0, 0.05) is 39.7 Å². The number of anilines is 2. The van der Waals surface area contributed by atoms with Crippen LogP contribution in [0.15, 0.2) is 66.7 Å². The van der Waals surface area contributed by atoms with E-state index >= 15 is 0 Å². The monoisotopic (exact) mass is 386 g/mol. The Hall–Kier alpha value is -3.80. The summed E-state index contributed by atoms with van der Waals surface area (Å²) in [4.78, 5) is 23.9. The Bertz CT molecular complexity index is 1230. The number of aromatic nitrogens is 1. The van der Waals surface area contributed by atoms with E-state index < -0.39 is 5.91 Å². The van der Waals surface area contributed by atoms with Crippen molar-refractivity contribution in [2.24, 2.45) is 5.73 Å². The Morgan fingerprint density at radius 2 is 1.66 bits per heavy atom. The first-order chi connectivity index (χ1) is 14.1. The highest BCUT2D eigenvalue weighted by molar-refractivity contribution is 6.10. The zero-order valence-electron chi connectivity index (χ0n) is 16.1. The number of fused-ring (bicyclic) bond motifs is 3. The molecule has 146 valence electrons. The van der Waals surface area contributed by atoms with E-state index in [1.54, 1.807) is 24.3 Å². The number of benzene rings is 3. The molecule has 6 nitrogen and oxygen atoms in total. The van der Waals surface area contributed by atoms with Gasteiger partial charge in [0.1, 0.15) is 0 Å². The predicted molar refractivity (Wildman–Crippen MR) is 117 cm³/mol. The van der Waals surface area contributed by atoms with Crippen LogP contribution < -0.4 is 16.4 Å². The minimum absolute atomic E-state index is 0.0268. The lowest BCUT2D eigenvalue weighted by atomic mass is 10.1. The fourth-order valence-corrected chi connectivity index (χ4v) is 3.70. The quantitative estimate of drug-likeness (QED) is 0.468. The summed E-state index contributed by atoms with van der Waals surface area (Å²) in [5.41, 5.74) is 9.32. The van der Waals surface area contributed by atoms with Crippen molar-refractivity contribution < 1.29 is 9.59 Å². The van der Waals surface area contributed by atoms with Crippen LogP contribution in [0.5, 0.6) is 0 Å². The lowest BCUT2D eigenvalue weighted by Crippen LogP contribution is -2.23. The average Bonchev–Trinajstić information content (AvgIpc) is 3.05. The SMILES string of the molecule is CCn1c2ccccc2c2cc(NC(=O)CNc3ccccc3C(N)=O)ccc21. The lowest BCUT2D eigenvalue weighted by molar-refractivity contribution is -0.114. The fraction of sp³-hybridized carbons (Fsp3) is 0.130. The molecule has 0 saturated carbocycles. The van der Waals surface area contributed by atoms with Crippen LogP contribution in [0.2, 0.25) is 0 Å². The first-order valence-corrected chi connectivity index (χ1v) is 9.52. The molecule has 4 aromatic rings. The number of hydrogen-bond acceptors (Lipinski definition) is 3. The molecule has 1 heterocycles. The second-order valence-corrected chi connectivity index (χ2v) is 6.80. The molecule has 0 radical (unpaired) electrons. The van der Waals surface area contributed by atoms with Crippen molar-refractivity contribution in [3.63, 3.8) is 0 Å². The van der Waals surface area contributed by atoms with E-state index in [9.17, 15) is 9.59 Å². The molecule has 0 unspecified atom stereocenters. The molecule has 0 bridgehead atoms. The molecule has 6 heteroatoms. The molecule has 2 amide bonds. The second kappa shape index (κ2) is 7.67. The van der Waals surface area contributed by atoms with Crippen molar-refractivity contribution in [3.05, 3.63) is 72.3 Å². The van der Waals surface area contributed by atoms with Crippen molar-refractivity contribution >= 4 is 45.0 Å². The maximum absolute atomic E-state index is 12.4. The lowest BCUT2D eigenvalue weighted by Gasteiger charge is -2.10. The van der Waals surface area contributed by atoms with Gasteiger partial charge in [0.25, 0.3) is 5.91 Å². The highest BCUT2D eigenvalue weighted by Crippen LogP contribution is 2.30. The number of nitrogens with zero attached hydrogens (tertiary/aromatic N) is 1. The van der Waals surface area contributed by atoms with Crippen molar-refractivity contribution in [2.45, 2.75) is 13.5 Å². The first kappa shape index (κ1) is 18.6. The molecule has 0 aliphatic carbocycles. The Labute approximate surface area is 168 Å². The van der Waals surface area contributed by atoms with E-state index in [0.717, 1.165) is 28.5 Å². The number of hydrogen-bond donors (Lipinski definition) is 3. The molecule has 0 fully saturated rings. The third-order valence-electron chi connectivity index (χ3n) is 5.00. The van der Waals surface area contributed by atoms with E-state index in [2.05, 4.69) is 34.3 Å². The van der Waals surface area contributed by atoms with Crippen LogP contribution in [0.1, 0.15) is 17.3 Å². The number of primary amides is 1. The normalized spacial score (nSPS) is 10.9. The van der Waals surface area contributed by atoms with Gasteiger partial charge in [-0.15, -0.1) is 0 Å². The van der Waals surface area contributed by atoms with E-state index in [0.29, 0.717) is 11.3 Å². The number of carbonyl (C=O) groups is 2. The summed E-state index contributed by atoms with van der Waals surface area (Å²) >= 11 is 0. The number of nitrogens with two attached hydrogens (primary N) is 1. The summed E-state index contributed by atoms with van der Waals surface area (Å²) in [6.07, 6.45) is 0. The van der Waals surface area contributed by atoms with Gasteiger partial charge in [0.15, 0.2) is 0 Å². The van der Waals surface area contributed by atoms with Crippen molar-refractivity contribution in [3.8, 4) is 0 Å². The number of carbonyl (C=O) groups excluding carboxylic acids is 2. The first-order valence-electron chi connectivity index (χ1n) is 9.52. The van der Waals surface area contributed by atoms with Crippen molar-refractivity contribution in [1.29, 1.82) is 0 Å². The van der Waals surface area contributed by atoms with Crippen LogP contribution in [0.3, 0.4) is 0 Å². The predicted octanol–water partition coefficient (Wildman–Crippen LogP) is 3.96. The third-order valence-corrected chi connectivity index (χ3v) is 5.00. The van der Waals surface area contributed by atoms with E-state index in [4.69, 9.17) is 5.73 Å². The summed E-state index contributed by atoms with van der Waals surface area (Å²) in [5.74, 6) is -0.742. The maximum Gasteiger partial charge on any atom is 0.250 e. The molecule has 0 spiro atoms. The Balaban J connectivity index is 1.55. The van der Waals surface area contributed by atoms with Gasteiger partial charge in [0.05, 0.1) is 12.1 Å². The topological polar surface area (TPSA) is 89.2 Å². The van der Waals surface area contributed by atoms with Gasteiger partial charge in [-0.25, -0.2) is 0 Å². The highest BCUT2D eigenvalue weighted by Gasteiger charge is 2.12. The van der Waals surface area contributed by atoms with Crippen LogP contribution in [-0.2, 0) is 11.3 Å². The molecule has 4 rings (SSSR count). The minimum Gasteiger partial charge on any atom is -0.376 e. The fourth-order valence-electron chi connectivity index (χ4n) is 3.70. The Morgan fingerprint density at radius 3 is 2.45 bits per heavy atom. The molecule has 0 aliphatic heterocycles. The Kier molecular flexibility index (Phi) is 4.91. The molecule has 4 N–H and O–H groups in total. The van der Waals surface area contributed by atoms with Crippen LogP contribution in [0, 0.1) is 0 Å². The van der Waals surface area contributed by atoms with Gasteiger partial charge in [-0.3, -0.25) is 9.59 Å². The summed E-state index contributed by atoms with van der Waals surface area (Å²) in [5, 5.41) is 8.16. The van der Waals surface area contributed by atoms with Gasteiger partial charge in [-0.1, -0.05) is 30.3 Å². The van der Waals surface area contributed by atoms with Gasteiger partial charge in [-0.2, -0.15) is 0 Å². The molecular weight excluding hydrogens is 364 g/mol. The summed E-state index contributed by atoms with van der Waals surface area (Å²) in [6.45, 7) is 3.02. The largest absolute Gasteiger partial charge is 0.376 e. The van der Waals surface area contributed by atoms with Gasteiger partial charge in [-0.05, 0) is 43.3 Å². The van der Waals surface area contributed by atoms with Crippen LogP contribution in [-0.4, -0.2) is 22.9 Å². The van der Waals surface area contributed by atoms with Crippen LogP contribution >= 0.6 is 0 Å². The number of amides is 2. The zero-order valence-corrected chi connectivity index (χ0v) is 16.1. The third kappa shape index (κ3) is 3.52. The molecule has 0 atom stereocenters. The zero-order chi connectivity index (χ0) is 20.4. The number of rotatable bonds is 6. The smallest absolute Gasteiger partial charge is 0.250 e. The molecule has 0 aliphatic rings. The number of para-hydroxylation sites is 2. The molecule has 0 saturated heterocycles. The number of aryl methyl sites for hydroxylation is 1. The van der Waals surface area contributed by atoms with E-state index in [1.807, 2.05) is 30.3 Å². The molecular formula is C23H22N4O2. The Morgan fingerprint density at radius 1 is 0.931 bits per heavy atom. The maximum atomic E-state index is 12.4. The van der Waals surface area contributed by atoms with E-state index in [-0.39, 0.29) is 12.5 Å². The summed E-state index contributed by atoms with van der Waals surface area (Å²) in [7, 11) is 0. The van der Waals surface area contributed by atoms with Crippen molar-refractivity contribution in [1.82, 2.24) is 4.57 Å². The number of nitrogens with one attached hydrogen (secondary N) is 2. The summed E-state index contributed by atoms with van der Waals surface area (Å²) in [6, 6.07) is 21.1. The van der Waals surface area contributed by atoms with Crippen LogP contribution in [0.25, 0.3) is 21.8 Å². The van der Waals surface area contributed by atoms with Crippen LogP contribution in [0.4, 0.5) is 11.4 Å². The molecule has 29 heavy (non-hydrogen) atoms. The van der Waals surface area contributed by atoms with Gasteiger partial charge >= 0.3 is 0 Å². The second-order valence-electron chi connectivity index (χ2n) is 6.80. The van der Waals surface area contributed by atoms with Crippen molar-refractivity contribution in [2.75, 3.05) is 17.2 Å². The standard InChI is InChI=1S/C23H22N4O2/c1-2-27-20-10-6-4-7-16(20)18-13-15(11-12-21(18)27)26-22(28)14-25-19-9-5-3-8-17(19)23(24)29/h3-13,25H,2,14H2,1H3,(H2,24,29)(H,26,28).